The summed E-state index contributed by atoms with van der Waals surface area (Å²) in [5.41, 5.74) is 0. The van der Waals surface area contributed by atoms with Crippen molar-refractivity contribution in [1.29, 1.82) is 0 Å². The standard InChI is InChI=1S/C56H101N11O12/c1-22-24-25-35(11)47(70)46-50(73)60-39(23-2)53(76)62(16)30-44(69)63(17)40(26-31(3)4)49(72)59-37(13)51(74)61(15)29-43(68)57-36(12)48(71)58-38(14)52(75)64(18)41(27-32(5)6)54(77)65(19)42(28-33(7)8)55(78)66(20)45(34(9)10)56(79)67(46)21/h22,24,31-42,45-47,49,59,70,72H,23,25-30H2,1-21H3,(H,57,68)(H,58,71)(H,60,73)/b24-22+/t35-,36+,37+,38-,39+,40+,41+,42-,45+,46+,47-,49?/m1/s1. The Labute approximate surface area is 471 Å². The number of likely N-dealkylation sites (N-methyl/N-ethyl adjacent to an activating group) is 7. The first-order valence-electron chi connectivity index (χ1n) is 27.9. The van der Waals surface area contributed by atoms with Gasteiger partial charge in [0, 0.05) is 49.3 Å². The van der Waals surface area contributed by atoms with Gasteiger partial charge in [-0.05, 0) is 89.4 Å². The summed E-state index contributed by atoms with van der Waals surface area (Å²) in [6.07, 6.45) is 1.57. The molecule has 1 saturated heterocycles. The van der Waals surface area contributed by atoms with E-state index in [0.717, 1.165) is 14.7 Å². The Morgan fingerprint density at radius 1 is 0.544 bits per heavy atom. The predicted molar refractivity (Wildman–Crippen MR) is 302 cm³/mol. The summed E-state index contributed by atoms with van der Waals surface area (Å²) in [6, 6.07) is -10.7. The second-order valence-electron chi connectivity index (χ2n) is 23.4. The van der Waals surface area contributed by atoms with Crippen LogP contribution in [0.3, 0.4) is 0 Å². The maximum Gasteiger partial charge on any atom is 0.246 e. The molecule has 12 atom stereocenters. The normalized spacial score (nSPS) is 28.0. The molecule has 10 amide bonds. The molecule has 79 heavy (non-hydrogen) atoms. The van der Waals surface area contributed by atoms with Gasteiger partial charge in [-0.15, -0.1) is 0 Å². The first-order chi connectivity index (χ1) is 36.5. The van der Waals surface area contributed by atoms with Gasteiger partial charge in [0.05, 0.1) is 31.3 Å². The van der Waals surface area contributed by atoms with Crippen LogP contribution in [0.2, 0.25) is 0 Å². The van der Waals surface area contributed by atoms with Crippen LogP contribution >= 0.6 is 0 Å². The van der Waals surface area contributed by atoms with Gasteiger partial charge in [-0.3, -0.25) is 53.3 Å². The number of aliphatic hydroxyl groups excluding tert-OH is 2. The molecule has 1 heterocycles. The van der Waals surface area contributed by atoms with Gasteiger partial charge < -0.3 is 60.5 Å². The molecule has 23 heteroatoms. The molecule has 452 valence electrons. The summed E-state index contributed by atoms with van der Waals surface area (Å²) >= 11 is 0. The minimum absolute atomic E-state index is 0.0402. The highest BCUT2D eigenvalue weighted by Gasteiger charge is 2.45. The van der Waals surface area contributed by atoms with Gasteiger partial charge >= 0.3 is 0 Å². The van der Waals surface area contributed by atoms with Crippen molar-refractivity contribution in [1.82, 2.24) is 55.6 Å². The first-order valence-corrected chi connectivity index (χ1v) is 27.9. The zero-order valence-electron chi connectivity index (χ0n) is 51.4. The Morgan fingerprint density at radius 3 is 1.51 bits per heavy atom. The van der Waals surface area contributed by atoms with Crippen LogP contribution < -0.4 is 21.3 Å². The van der Waals surface area contributed by atoms with Crippen molar-refractivity contribution in [2.24, 2.45) is 29.6 Å². The van der Waals surface area contributed by atoms with Crippen molar-refractivity contribution in [2.75, 3.05) is 62.4 Å². The predicted octanol–water partition coefficient (Wildman–Crippen LogP) is 1.01. The average Bonchev–Trinajstić information content (AvgIpc) is 3.36. The average molecular weight is 1120 g/mol. The third kappa shape index (κ3) is 20.4. The third-order valence-corrected chi connectivity index (χ3v) is 14.7. The SMILES string of the molecule is C/C=C/C[C@@H](C)[C@@H](O)[C@H]1C(=O)N[C@@H](CC)C(=O)N(C)CC(=O)N(C)[C@@H](CC(C)C)C(O)N[C@@H](C)C(=O)N(C)CC(=O)N[C@@H](C)C(=O)N[C@H](C)C(=O)N(C)[C@@H](CC(C)C)C(=O)N(C)[C@H](CC(C)C)C(=O)N(C)[C@@H](C(C)C)C(=O)N1C. The molecule has 0 radical (unpaired) electrons. The van der Waals surface area contributed by atoms with E-state index in [2.05, 4.69) is 21.3 Å². The van der Waals surface area contributed by atoms with E-state index < -0.39 is 151 Å². The Morgan fingerprint density at radius 2 is 1.03 bits per heavy atom. The summed E-state index contributed by atoms with van der Waals surface area (Å²) in [5, 5.41) is 34.3. The molecular formula is C56H101N11O12. The molecule has 1 unspecified atom stereocenters. The van der Waals surface area contributed by atoms with Gasteiger partial charge in [0.15, 0.2) is 0 Å². The number of carbonyl (C=O) groups excluding carboxylic acids is 10. The van der Waals surface area contributed by atoms with Crippen LogP contribution in [0.5, 0.6) is 0 Å². The van der Waals surface area contributed by atoms with Crippen molar-refractivity contribution in [3.8, 4) is 0 Å². The topological polar surface area (TPSA) is 282 Å². The van der Waals surface area contributed by atoms with E-state index in [-0.39, 0.29) is 43.4 Å². The number of amides is 10. The zero-order valence-corrected chi connectivity index (χ0v) is 51.4. The maximum absolute atomic E-state index is 15.0. The maximum atomic E-state index is 15.0. The molecule has 0 aromatic heterocycles. The molecule has 1 fully saturated rings. The summed E-state index contributed by atoms with van der Waals surface area (Å²) < 4.78 is 0. The van der Waals surface area contributed by atoms with Crippen molar-refractivity contribution in [3.63, 3.8) is 0 Å². The van der Waals surface area contributed by atoms with Gasteiger partial charge in [-0.1, -0.05) is 81.4 Å². The Bertz CT molecular complexity index is 2120. The van der Waals surface area contributed by atoms with E-state index in [1.165, 1.54) is 89.7 Å². The smallest absolute Gasteiger partial charge is 0.246 e. The number of carbonyl (C=O) groups is 10. The molecule has 1 rings (SSSR count). The molecule has 0 saturated carbocycles. The van der Waals surface area contributed by atoms with E-state index >= 15 is 9.59 Å². The highest BCUT2D eigenvalue weighted by atomic mass is 16.3. The molecule has 23 nitrogen and oxygen atoms in total. The van der Waals surface area contributed by atoms with Crippen LogP contribution in [-0.2, 0) is 47.9 Å². The lowest BCUT2D eigenvalue weighted by Gasteiger charge is -2.41. The first kappa shape index (κ1) is 71.3. The number of nitrogens with zero attached hydrogens (tertiary/aromatic N) is 7. The fourth-order valence-corrected chi connectivity index (χ4v) is 9.80. The van der Waals surface area contributed by atoms with Crippen LogP contribution in [0.1, 0.15) is 129 Å². The monoisotopic (exact) mass is 1120 g/mol. The molecule has 6 N–H and O–H groups in total. The number of nitrogens with one attached hydrogen (secondary N) is 4. The molecule has 1 aliphatic heterocycles. The van der Waals surface area contributed by atoms with Gasteiger partial charge in [0.1, 0.15) is 48.5 Å². The summed E-state index contributed by atoms with van der Waals surface area (Å²) in [7, 11) is 9.87. The minimum Gasteiger partial charge on any atom is -0.390 e. The van der Waals surface area contributed by atoms with Gasteiger partial charge in [-0.2, -0.15) is 0 Å². The Balaban J connectivity index is 4.14. The Kier molecular flexibility index (Phi) is 29.4. The fraction of sp³-hybridized carbons (Fsp3) is 0.786. The molecule has 0 aromatic rings. The number of hydrogen-bond donors (Lipinski definition) is 6. The highest BCUT2D eigenvalue weighted by Crippen LogP contribution is 2.25. The second-order valence-corrected chi connectivity index (χ2v) is 23.4. The van der Waals surface area contributed by atoms with Crippen LogP contribution in [-0.4, -0.2) is 233 Å². The van der Waals surface area contributed by atoms with Crippen LogP contribution in [0.4, 0.5) is 0 Å². The summed E-state index contributed by atoms with van der Waals surface area (Å²) in [5.74, 6) is -8.21. The number of allylic oxidation sites excluding steroid dienone is 2. The molecular weight excluding hydrogens is 1020 g/mol. The Hall–Kier alpha value is -5.68. The molecule has 0 aliphatic carbocycles. The van der Waals surface area contributed by atoms with Crippen molar-refractivity contribution < 1.29 is 58.2 Å². The lowest BCUT2D eigenvalue weighted by Crippen LogP contribution is -2.63. The third-order valence-electron chi connectivity index (χ3n) is 14.7. The number of aliphatic hydroxyl groups is 2. The van der Waals surface area contributed by atoms with Gasteiger partial charge in [0.2, 0.25) is 59.1 Å². The van der Waals surface area contributed by atoms with E-state index in [0.29, 0.717) is 6.42 Å². The van der Waals surface area contributed by atoms with E-state index in [1.54, 1.807) is 40.7 Å². The van der Waals surface area contributed by atoms with E-state index in [1.807, 2.05) is 47.6 Å². The van der Waals surface area contributed by atoms with Crippen molar-refractivity contribution >= 4 is 59.1 Å². The van der Waals surface area contributed by atoms with Crippen molar-refractivity contribution in [2.45, 2.75) is 196 Å². The second kappa shape index (κ2) is 32.5. The van der Waals surface area contributed by atoms with Crippen molar-refractivity contribution in [3.05, 3.63) is 12.2 Å². The number of rotatable bonds is 12. The van der Waals surface area contributed by atoms with Gasteiger partial charge in [-0.25, -0.2) is 0 Å². The zero-order chi connectivity index (χ0) is 61.2. The van der Waals surface area contributed by atoms with Crippen LogP contribution in [0.25, 0.3) is 0 Å². The van der Waals surface area contributed by atoms with E-state index in [4.69, 9.17) is 0 Å². The number of hydrogen-bond acceptors (Lipinski definition) is 13. The van der Waals surface area contributed by atoms with Gasteiger partial charge in [0.25, 0.3) is 0 Å². The quantitative estimate of drug-likeness (QED) is 0.149. The molecule has 0 bridgehead atoms. The lowest BCUT2D eigenvalue weighted by atomic mass is 9.91. The van der Waals surface area contributed by atoms with E-state index in [9.17, 15) is 48.6 Å². The van der Waals surface area contributed by atoms with Crippen LogP contribution in [0.15, 0.2) is 12.2 Å². The fourth-order valence-electron chi connectivity index (χ4n) is 9.80. The molecule has 0 aromatic carbocycles. The lowest BCUT2D eigenvalue weighted by molar-refractivity contribution is -0.157. The molecule has 1 aliphatic rings. The van der Waals surface area contributed by atoms with Crippen LogP contribution in [0, 0.1) is 29.6 Å². The summed E-state index contributed by atoms with van der Waals surface area (Å²) in [4.78, 5) is 151. The summed E-state index contributed by atoms with van der Waals surface area (Å²) in [6.45, 7) is 23.2. The minimum atomic E-state index is -1.59. The largest absolute Gasteiger partial charge is 0.390 e. The molecule has 0 spiro atoms. The highest BCUT2D eigenvalue weighted by molar-refractivity contribution is 5.98.